The lowest BCUT2D eigenvalue weighted by atomic mass is 10.0. The maximum absolute atomic E-state index is 11.0. The molecule has 1 aromatic heterocycles. The highest BCUT2D eigenvalue weighted by atomic mass is 32.1. The first-order chi connectivity index (χ1) is 6.74. The third-order valence-electron chi connectivity index (χ3n) is 2.37. The Morgan fingerprint density at radius 1 is 1.71 bits per heavy atom. The molecule has 1 unspecified atom stereocenters. The van der Waals surface area contributed by atoms with Crippen molar-refractivity contribution in [3.63, 3.8) is 0 Å². The monoisotopic (exact) mass is 211 g/mol. The number of carboxylic acids is 1. The lowest BCUT2D eigenvalue weighted by Gasteiger charge is -2.29. The third kappa shape index (κ3) is 1.29. The summed E-state index contributed by atoms with van der Waals surface area (Å²) in [6.45, 7) is 0.494. The lowest BCUT2D eigenvalue weighted by Crippen LogP contribution is -2.37. The van der Waals surface area contributed by atoms with Crippen LogP contribution in [0.15, 0.2) is 11.4 Å². The molecular formula is C9H9NO3S. The van der Waals surface area contributed by atoms with Crippen molar-refractivity contribution in [1.29, 1.82) is 0 Å². The van der Waals surface area contributed by atoms with Crippen molar-refractivity contribution in [1.82, 2.24) is 4.90 Å². The Morgan fingerprint density at radius 2 is 2.50 bits per heavy atom. The van der Waals surface area contributed by atoms with E-state index in [-0.39, 0.29) is 0 Å². The summed E-state index contributed by atoms with van der Waals surface area (Å²) < 4.78 is 0. The summed E-state index contributed by atoms with van der Waals surface area (Å²) in [7, 11) is 0. The number of carboxylic acid groups (broad SMARTS) is 1. The van der Waals surface area contributed by atoms with E-state index in [2.05, 4.69) is 0 Å². The average molecular weight is 211 g/mol. The summed E-state index contributed by atoms with van der Waals surface area (Å²) in [5.41, 5.74) is 0.765. The molecule has 1 aliphatic heterocycles. The summed E-state index contributed by atoms with van der Waals surface area (Å²) in [5, 5.41) is 10.9. The fourth-order valence-corrected chi connectivity index (χ4v) is 2.63. The summed E-state index contributed by atoms with van der Waals surface area (Å²) >= 11 is 1.55. The van der Waals surface area contributed by atoms with Gasteiger partial charge in [0, 0.05) is 11.4 Å². The number of hydrogen-bond acceptors (Lipinski definition) is 3. The van der Waals surface area contributed by atoms with E-state index in [0.717, 1.165) is 16.9 Å². The predicted molar refractivity (Wildman–Crippen MR) is 51.2 cm³/mol. The second-order valence-electron chi connectivity index (χ2n) is 3.13. The summed E-state index contributed by atoms with van der Waals surface area (Å²) in [6, 6.07) is 0.997. The van der Waals surface area contributed by atoms with Crippen molar-refractivity contribution in [3.05, 3.63) is 21.9 Å². The number of thiophene rings is 1. The Labute approximate surface area is 84.8 Å². The van der Waals surface area contributed by atoms with Crippen LogP contribution in [0.4, 0.5) is 0 Å². The van der Waals surface area contributed by atoms with Crippen LogP contribution in [0.25, 0.3) is 0 Å². The molecule has 0 spiro atoms. The van der Waals surface area contributed by atoms with Gasteiger partial charge in [-0.25, -0.2) is 4.79 Å². The van der Waals surface area contributed by atoms with Crippen molar-refractivity contribution in [2.75, 3.05) is 6.54 Å². The minimum absolute atomic E-state index is 0.494. The van der Waals surface area contributed by atoms with Crippen molar-refractivity contribution in [2.45, 2.75) is 12.5 Å². The molecule has 2 rings (SSSR count). The van der Waals surface area contributed by atoms with Crippen LogP contribution in [0.3, 0.4) is 0 Å². The van der Waals surface area contributed by atoms with E-state index in [0.29, 0.717) is 13.0 Å². The first kappa shape index (κ1) is 9.21. The van der Waals surface area contributed by atoms with Crippen molar-refractivity contribution in [3.8, 4) is 0 Å². The number of hydrogen-bond donors (Lipinski definition) is 1. The fraction of sp³-hybridized carbons (Fsp3) is 0.333. The SMILES string of the molecule is O=CN1CCc2sccc2C1C(=O)O. The molecule has 0 aliphatic carbocycles. The molecule has 0 saturated heterocycles. The van der Waals surface area contributed by atoms with Crippen molar-refractivity contribution < 1.29 is 14.7 Å². The van der Waals surface area contributed by atoms with Gasteiger partial charge in [0.05, 0.1) is 0 Å². The standard InChI is InChI=1S/C9H9NO3S/c11-5-10-3-1-7-6(2-4-14-7)8(10)9(12)13/h2,4-5,8H,1,3H2,(H,12,13). The minimum atomic E-state index is -0.962. The average Bonchev–Trinajstić information content (AvgIpc) is 2.62. The summed E-state index contributed by atoms with van der Waals surface area (Å²) in [6.07, 6.45) is 1.37. The molecule has 14 heavy (non-hydrogen) atoms. The van der Waals surface area contributed by atoms with E-state index in [1.54, 1.807) is 17.4 Å². The van der Waals surface area contributed by atoms with Crippen LogP contribution < -0.4 is 0 Å². The molecule has 2 heterocycles. The number of amides is 1. The van der Waals surface area contributed by atoms with Crippen LogP contribution in [0.5, 0.6) is 0 Å². The smallest absolute Gasteiger partial charge is 0.331 e. The van der Waals surface area contributed by atoms with Crippen molar-refractivity contribution >= 4 is 23.7 Å². The molecule has 0 saturated carbocycles. The highest BCUT2D eigenvalue weighted by molar-refractivity contribution is 7.10. The molecule has 1 aliphatic rings. The molecule has 1 aromatic rings. The zero-order chi connectivity index (χ0) is 10.1. The highest BCUT2D eigenvalue weighted by Crippen LogP contribution is 2.32. The van der Waals surface area contributed by atoms with Gasteiger partial charge >= 0.3 is 5.97 Å². The summed E-state index contributed by atoms with van der Waals surface area (Å²) in [5.74, 6) is -0.962. The van der Waals surface area contributed by atoms with E-state index in [4.69, 9.17) is 5.11 Å². The number of carbonyl (C=O) groups excluding carboxylic acids is 1. The molecule has 74 valence electrons. The maximum Gasteiger partial charge on any atom is 0.331 e. The zero-order valence-corrected chi connectivity index (χ0v) is 8.16. The van der Waals surface area contributed by atoms with E-state index >= 15 is 0 Å². The number of aliphatic carboxylic acids is 1. The molecule has 0 aromatic carbocycles. The van der Waals surface area contributed by atoms with Crippen LogP contribution in [0.2, 0.25) is 0 Å². The van der Waals surface area contributed by atoms with Gasteiger partial charge in [0.25, 0.3) is 0 Å². The van der Waals surface area contributed by atoms with Crippen LogP contribution in [-0.4, -0.2) is 28.9 Å². The van der Waals surface area contributed by atoms with Crippen LogP contribution in [0.1, 0.15) is 16.5 Å². The van der Waals surface area contributed by atoms with Gasteiger partial charge < -0.3 is 10.0 Å². The third-order valence-corrected chi connectivity index (χ3v) is 3.37. The van der Waals surface area contributed by atoms with Gasteiger partial charge in [-0.2, -0.15) is 0 Å². The lowest BCUT2D eigenvalue weighted by molar-refractivity contribution is -0.147. The fourth-order valence-electron chi connectivity index (χ4n) is 1.72. The van der Waals surface area contributed by atoms with E-state index < -0.39 is 12.0 Å². The van der Waals surface area contributed by atoms with E-state index in [1.807, 2.05) is 5.38 Å². The molecule has 4 nitrogen and oxygen atoms in total. The predicted octanol–water partition coefficient (Wildman–Crippen LogP) is 0.888. The first-order valence-electron chi connectivity index (χ1n) is 4.24. The summed E-state index contributed by atoms with van der Waals surface area (Å²) in [4.78, 5) is 24.1. The van der Waals surface area contributed by atoms with Gasteiger partial charge in [-0.15, -0.1) is 11.3 Å². The van der Waals surface area contributed by atoms with Crippen LogP contribution in [0, 0.1) is 0 Å². The van der Waals surface area contributed by atoms with Gasteiger partial charge in [0.1, 0.15) is 0 Å². The number of rotatable bonds is 2. The van der Waals surface area contributed by atoms with Crippen LogP contribution in [-0.2, 0) is 16.0 Å². The normalized spacial score (nSPS) is 20.3. The molecule has 0 radical (unpaired) electrons. The molecule has 0 fully saturated rings. The molecule has 5 heteroatoms. The Bertz CT molecular complexity index is 374. The minimum Gasteiger partial charge on any atom is -0.479 e. The molecule has 1 N–H and O–H groups in total. The molecule has 0 bridgehead atoms. The Morgan fingerprint density at radius 3 is 3.14 bits per heavy atom. The Kier molecular flexibility index (Phi) is 2.25. The quantitative estimate of drug-likeness (QED) is 0.739. The highest BCUT2D eigenvalue weighted by Gasteiger charge is 2.32. The maximum atomic E-state index is 11.0. The Balaban J connectivity index is 2.42. The van der Waals surface area contributed by atoms with E-state index in [9.17, 15) is 9.59 Å². The molecular weight excluding hydrogens is 202 g/mol. The van der Waals surface area contributed by atoms with Gasteiger partial charge in [-0.05, 0) is 23.4 Å². The van der Waals surface area contributed by atoms with Gasteiger partial charge in [-0.1, -0.05) is 0 Å². The Hall–Kier alpha value is -1.36. The van der Waals surface area contributed by atoms with Gasteiger partial charge in [0.15, 0.2) is 6.04 Å². The second kappa shape index (κ2) is 3.42. The molecule has 1 amide bonds. The largest absolute Gasteiger partial charge is 0.479 e. The zero-order valence-electron chi connectivity index (χ0n) is 7.34. The number of fused-ring (bicyclic) bond motifs is 1. The first-order valence-corrected chi connectivity index (χ1v) is 5.12. The van der Waals surface area contributed by atoms with E-state index in [1.165, 1.54) is 4.90 Å². The number of carbonyl (C=O) groups is 2. The van der Waals surface area contributed by atoms with Gasteiger partial charge in [-0.3, -0.25) is 4.79 Å². The topological polar surface area (TPSA) is 57.6 Å². The van der Waals surface area contributed by atoms with Crippen molar-refractivity contribution in [2.24, 2.45) is 0 Å². The van der Waals surface area contributed by atoms with Crippen LogP contribution >= 0.6 is 11.3 Å². The number of nitrogens with zero attached hydrogens (tertiary/aromatic N) is 1. The second-order valence-corrected chi connectivity index (χ2v) is 4.13. The van der Waals surface area contributed by atoms with Gasteiger partial charge in [0.2, 0.25) is 6.41 Å². The molecule has 1 atom stereocenters.